The number of aryl methyl sites for hydroxylation is 1. The summed E-state index contributed by atoms with van der Waals surface area (Å²) >= 11 is 0. The molecule has 0 N–H and O–H groups in total. The quantitative estimate of drug-likeness (QED) is 0.808. The van der Waals surface area contributed by atoms with Crippen LogP contribution in [0.5, 0.6) is 11.8 Å². The van der Waals surface area contributed by atoms with Gasteiger partial charge in [-0.1, -0.05) is 18.2 Å². The third-order valence-electron chi connectivity index (χ3n) is 2.65. The zero-order valence-electron chi connectivity index (χ0n) is 10.5. The summed E-state index contributed by atoms with van der Waals surface area (Å²) < 4.78 is 11.1. The molecular formula is C14H17NO2. The zero-order valence-corrected chi connectivity index (χ0v) is 10.5. The van der Waals surface area contributed by atoms with E-state index in [0.29, 0.717) is 25.0 Å². The van der Waals surface area contributed by atoms with Crippen LogP contribution in [0.25, 0.3) is 10.8 Å². The van der Waals surface area contributed by atoms with Crippen LogP contribution in [-0.4, -0.2) is 18.2 Å². The van der Waals surface area contributed by atoms with Gasteiger partial charge in [0.15, 0.2) is 0 Å². The summed E-state index contributed by atoms with van der Waals surface area (Å²) in [4.78, 5) is 4.44. The zero-order chi connectivity index (χ0) is 12.3. The van der Waals surface area contributed by atoms with Crippen LogP contribution in [0, 0.1) is 6.92 Å². The molecule has 1 aromatic heterocycles. The molecule has 0 saturated carbocycles. The Hall–Kier alpha value is -1.77. The first-order chi connectivity index (χ1) is 8.27. The fourth-order valence-electron chi connectivity index (χ4n) is 1.87. The standard InChI is InChI=1S/C14H17NO2/c1-4-16-13-10(3)11-8-6-7-9-12(11)14(15-13)17-5-2/h6-9H,4-5H2,1-3H3. The Kier molecular flexibility index (Phi) is 3.47. The van der Waals surface area contributed by atoms with Crippen LogP contribution in [0.2, 0.25) is 0 Å². The van der Waals surface area contributed by atoms with Gasteiger partial charge in [-0.2, -0.15) is 4.98 Å². The van der Waals surface area contributed by atoms with Gasteiger partial charge in [0.2, 0.25) is 11.8 Å². The SMILES string of the molecule is CCOc1nc(OCC)c2ccccc2c1C. The topological polar surface area (TPSA) is 31.4 Å². The molecule has 0 unspecified atom stereocenters. The smallest absolute Gasteiger partial charge is 0.224 e. The minimum absolute atomic E-state index is 0.603. The Morgan fingerprint density at radius 3 is 2.18 bits per heavy atom. The van der Waals surface area contributed by atoms with Crippen molar-refractivity contribution in [3.8, 4) is 11.8 Å². The second-order valence-electron chi connectivity index (χ2n) is 3.76. The average molecular weight is 231 g/mol. The predicted molar refractivity (Wildman–Crippen MR) is 68.8 cm³/mol. The third kappa shape index (κ3) is 2.18. The normalized spacial score (nSPS) is 10.5. The molecule has 0 radical (unpaired) electrons. The molecule has 0 aliphatic carbocycles. The molecule has 2 aromatic rings. The lowest BCUT2D eigenvalue weighted by Crippen LogP contribution is -2.02. The van der Waals surface area contributed by atoms with Crippen LogP contribution in [0.3, 0.4) is 0 Å². The van der Waals surface area contributed by atoms with Crippen LogP contribution in [-0.2, 0) is 0 Å². The second-order valence-corrected chi connectivity index (χ2v) is 3.76. The highest BCUT2D eigenvalue weighted by atomic mass is 16.5. The molecule has 0 bridgehead atoms. The molecule has 0 spiro atoms. The van der Waals surface area contributed by atoms with Gasteiger partial charge in [0, 0.05) is 10.9 Å². The maximum absolute atomic E-state index is 5.57. The Bertz CT molecular complexity index is 523. The van der Waals surface area contributed by atoms with Crippen molar-refractivity contribution in [1.82, 2.24) is 4.98 Å². The first-order valence-corrected chi connectivity index (χ1v) is 5.92. The Balaban J connectivity index is 2.66. The van der Waals surface area contributed by atoms with Crippen LogP contribution in [0.15, 0.2) is 24.3 Å². The molecule has 3 heteroatoms. The van der Waals surface area contributed by atoms with Gasteiger partial charge < -0.3 is 9.47 Å². The fourth-order valence-corrected chi connectivity index (χ4v) is 1.87. The van der Waals surface area contributed by atoms with Crippen molar-refractivity contribution < 1.29 is 9.47 Å². The van der Waals surface area contributed by atoms with Crippen LogP contribution in [0.4, 0.5) is 0 Å². The molecule has 0 aliphatic heterocycles. The van der Waals surface area contributed by atoms with E-state index in [0.717, 1.165) is 16.3 Å². The highest BCUT2D eigenvalue weighted by Crippen LogP contribution is 2.31. The number of hydrogen-bond donors (Lipinski definition) is 0. The Morgan fingerprint density at radius 1 is 0.941 bits per heavy atom. The number of nitrogens with zero attached hydrogens (tertiary/aromatic N) is 1. The minimum Gasteiger partial charge on any atom is -0.478 e. The molecule has 1 heterocycles. The second kappa shape index (κ2) is 5.04. The van der Waals surface area contributed by atoms with E-state index in [1.165, 1.54) is 0 Å². The van der Waals surface area contributed by atoms with Crippen molar-refractivity contribution in [2.24, 2.45) is 0 Å². The molecule has 90 valence electrons. The Labute approximate surface area is 101 Å². The van der Waals surface area contributed by atoms with E-state index in [1.54, 1.807) is 0 Å². The van der Waals surface area contributed by atoms with Crippen LogP contribution >= 0.6 is 0 Å². The van der Waals surface area contributed by atoms with Gasteiger partial charge in [-0.15, -0.1) is 0 Å². The van der Waals surface area contributed by atoms with Gasteiger partial charge in [0.1, 0.15) is 0 Å². The maximum Gasteiger partial charge on any atom is 0.224 e. The molecule has 0 atom stereocenters. The van der Waals surface area contributed by atoms with E-state index in [2.05, 4.69) is 11.1 Å². The van der Waals surface area contributed by atoms with Gasteiger partial charge in [0.05, 0.1) is 13.2 Å². The number of benzene rings is 1. The van der Waals surface area contributed by atoms with Gasteiger partial charge in [0.25, 0.3) is 0 Å². The van der Waals surface area contributed by atoms with Crippen molar-refractivity contribution in [2.75, 3.05) is 13.2 Å². The van der Waals surface area contributed by atoms with E-state index < -0.39 is 0 Å². The van der Waals surface area contributed by atoms with Gasteiger partial charge >= 0.3 is 0 Å². The summed E-state index contributed by atoms with van der Waals surface area (Å²) in [6, 6.07) is 8.10. The summed E-state index contributed by atoms with van der Waals surface area (Å²) in [5.74, 6) is 1.31. The largest absolute Gasteiger partial charge is 0.478 e. The molecule has 0 amide bonds. The van der Waals surface area contributed by atoms with E-state index in [4.69, 9.17) is 9.47 Å². The summed E-state index contributed by atoms with van der Waals surface area (Å²) in [6.45, 7) is 7.15. The van der Waals surface area contributed by atoms with Crippen molar-refractivity contribution in [3.05, 3.63) is 29.8 Å². The summed E-state index contributed by atoms with van der Waals surface area (Å²) in [5, 5.41) is 2.17. The van der Waals surface area contributed by atoms with E-state index in [-0.39, 0.29) is 0 Å². The highest BCUT2D eigenvalue weighted by molar-refractivity contribution is 5.90. The number of fused-ring (bicyclic) bond motifs is 1. The number of hydrogen-bond acceptors (Lipinski definition) is 3. The molecule has 0 saturated heterocycles. The van der Waals surface area contributed by atoms with Gasteiger partial charge in [-0.3, -0.25) is 0 Å². The lowest BCUT2D eigenvalue weighted by atomic mass is 10.1. The first-order valence-electron chi connectivity index (χ1n) is 5.92. The summed E-state index contributed by atoms with van der Waals surface area (Å²) in [6.07, 6.45) is 0. The molecule has 2 rings (SSSR count). The average Bonchev–Trinajstić information content (AvgIpc) is 2.36. The van der Waals surface area contributed by atoms with E-state index >= 15 is 0 Å². The molecule has 1 aromatic carbocycles. The molecule has 17 heavy (non-hydrogen) atoms. The van der Waals surface area contributed by atoms with Crippen molar-refractivity contribution >= 4 is 10.8 Å². The van der Waals surface area contributed by atoms with E-state index in [9.17, 15) is 0 Å². The van der Waals surface area contributed by atoms with Crippen molar-refractivity contribution in [1.29, 1.82) is 0 Å². The number of rotatable bonds is 4. The van der Waals surface area contributed by atoms with E-state index in [1.807, 2.05) is 39.0 Å². The van der Waals surface area contributed by atoms with Crippen molar-refractivity contribution in [2.45, 2.75) is 20.8 Å². The summed E-state index contributed by atoms with van der Waals surface area (Å²) in [7, 11) is 0. The molecular weight excluding hydrogens is 214 g/mol. The molecule has 3 nitrogen and oxygen atoms in total. The number of ether oxygens (including phenoxy) is 2. The minimum atomic E-state index is 0.603. The number of aromatic nitrogens is 1. The third-order valence-corrected chi connectivity index (χ3v) is 2.65. The first kappa shape index (κ1) is 11.7. The Morgan fingerprint density at radius 2 is 1.53 bits per heavy atom. The van der Waals surface area contributed by atoms with Gasteiger partial charge in [-0.05, 0) is 32.2 Å². The van der Waals surface area contributed by atoms with Gasteiger partial charge in [-0.25, -0.2) is 0 Å². The predicted octanol–water partition coefficient (Wildman–Crippen LogP) is 3.34. The van der Waals surface area contributed by atoms with Crippen LogP contribution < -0.4 is 9.47 Å². The van der Waals surface area contributed by atoms with Crippen molar-refractivity contribution in [3.63, 3.8) is 0 Å². The lowest BCUT2D eigenvalue weighted by molar-refractivity contribution is 0.301. The number of pyridine rings is 1. The monoisotopic (exact) mass is 231 g/mol. The maximum atomic E-state index is 5.57. The lowest BCUT2D eigenvalue weighted by Gasteiger charge is -2.12. The fraction of sp³-hybridized carbons (Fsp3) is 0.357. The summed E-state index contributed by atoms with van der Waals surface area (Å²) in [5.41, 5.74) is 1.06. The molecule has 0 fully saturated rings. The molecule has 0 aliphatic rings. The van der Waals surface area contributed by atoms with Crippen LogP contribution in [0.1, 0.15) is 19.4 Å². The highest BCUT2D eigenvalue weighted by Gasteiger charge is 2.11.